The van der Waals surface area contributed by atoms with Crippen molar-refractivity contribution >= 4 is 11.6 Å². The monoisotopic (exact) mass is 235 g/mol. The molecule has 0 radical (unpaired) electrons. The SMILES string of the molecule is NC(c1ccccc1Cl)C1C2CCCCC21. The Morgan fingerprint density at radius 2 is 1.75 bits per heavy atom. The molecule has 2 aliphatic rings. The zero-order valence-corrected chi connectivity index (χ0v) is 10.2. The van der Waals surface area contributed by atoms with Gasteiger partial charge in [-0.1, -0.05) is 42.6 Å². The summed E-state index contributed by atoms with van der Waals surface area (Å²) in [6, 6.07) is 8.19. The molecule has 2 N–H and O–H groups in total. The second kappa shape index (κ2) is 4.05. The first kappa shape index (κ1) is 10.6. The average Bonchev–Trinajstić information content (AvgIpc) is 3.03. The van der Waals surface area contributed by atoms with Crippen molar-refractivity contribution in [2.45, 2.75) is 31.7 Å². The summed E-state index contributed by atoms with van der Waals surface area (Å²) in [4.78, 5) is 0. The van der Waals surface area contributed by atoms with E-state index in [1.54, 1.807) is 0 Å². The predicted octanol–water partition coefficient (Wildman–Crippen LogP) is 3.78. The molecule has 3 atom stereocenters. The molecular formula is C14H18ClN. The van der Waals surface area contributed by atoms with Crippen LogP contribution in [0.5, 0.6) is 0 Å². The standard InChI is InChI=1S/C14H18ClN/c15-12-8-4-3-7-11(12)14(16)13-9-5-1-2-6-10(9)13/h3-4,7-10,13-14H,1-2,5-6,16H2. The Morgan fingerprint density at radius 3 is 2.38 bits per heavy atom. The second-order valence-electron chi connectivity index (χ2n) is 5.24. The van der Waals surface area contributed by atoms with Gasteiger partial charge < -0.3 is 5.73 Å². The van der Waals surface area contributed by atoms with Gasteiger partial charge in [0, 0.05) is 11.1 Å². The molecule has 1 aromatic carbocycles. The summed E-state index contributed by atoms with van der Waals surface area (Å²) >= 11 is 6.21. The highest BCUT2D eigenvalue weighted by Crippen LogP contribution is 2.60. The van der Waals surface area contributed by atoms with Crippen LogP contribution in [-0.2, 0) is 0 Å². The molecule has 16 heavy (non-hydrogen) atoms. The van der Waals surface area contributed by atoms with E-state index in [2.05, 4.69) is 6.07 Å². The van der Waals surface area contributed by atoms with E-state index in [4.69, 9.17) is 17.3 Å². The van der Waals surface area contributed by atoms with Crippen LogP contribution in [0.2, 0.25) is 5.02 Å². The smallest absolute Gasteiger partial charge is 0.0453 e. The Labute approximate surface area is 102 Å². The highest BCUT2D eigenvalue weighted by atomic mass is 35.5. The Hall–Kier alpha value is -0.530. The van der Waals surface area contributed by atoms with Crippen LogP contribution in [0.15, 0.2) is 24.3 Å². The van der Waals surface area contributed by atoms with Crippen LogP contribution >= 0.6 is 11.6 Å². The molecule has 0 bridgehead atoms. The lowest BCUT2D eigenvalue weighted by Gasteiger charge is -2.13. The van der Waals surface area contributed by atoms with Crippen molar-refractivity contribution in [3.8, 4) is 0 Å². The topological polar surface area (TPSA) is 26.0 Å². The summed E-state index contributed by atoms with van der Waals surface area (Å²) in [5, 5.41) is 0.832. The molecule has 2 saturated carbocycles. The van der Waals surface area contributed by atoms with Gasteiger partial charge in [-0.2, -0.15) is 0 Å². The molecule has 0 amide bonds. The van der Waals surface area contributed by atoms with Crippen molar-refractivity contribution in [3.05, 3.63) is 34.9 Å². The van der Waals surface area contributed by atoms with E-state index < -0.39 is 0 Å². The van der Waals surface area contributed by atoms with E-state index >= 15 is 0 Å². The molecule has 1 aromatic rings. The Bertz CT molecular complexity index is 378. The van der Waals surface area contributed by atoms with E-state index in [-0.39, 0.29) is 6.04 Å². The molecular weight excluding hydrogens is 218 g/mol. The van der Waals surface area contributed by atoms with Gasteiger partial charge in [0.2, 0.25) is 0 Å². The number of rotatable bonds is 2. The third-order valence-corrected chi connectivity index (χ3v) is 4.75. The van der Waals surface area contributed by atoms with E-state index in [1.807, 2.05) is 18.2 Å². The van der Waals surface area contributed by atoms with Gasteiger partial charge in [0.05, 0.1) is 0 Å². The number of hydrogen-bond acceptors (Lipinski definition) is 1. The molecule has 86 valence electrons. The van der Waals surface area contributed by atoms with Crippen LogP contribution in [0.25, 0.3) is 0 Å². The second-order valence-corrected chi connectivity index (χ2v) is 5.64. The lowest BCUT2D eigenvalue weighted by Crippen LogP contribution is -2.14. The van der Waals surface area contributed by atoms with Gasteiger partial charge in [-0.05, 0) is 42.2 Å². The largest absolute Gasteiger partial charge is 0.324 e. The normalized spacial score (nSPS) is 34.2. The number of benzene rings is 1. The van der Waals surface area contributed by atoms with Crippen LogP contribution in [0.1, 0.15) is 37.3 Å². The molecule has 2 heteroatoms. The summed E-state index contributed by atoms with van der Waals surface area (Å²) in [5.74, 6) is 2.47. The van der Waals surface area contributed by atoms with Gasteiger partial charge >= 0.3 is 0 Å². The lowest BCUT2D eigenvalue weighted by atomic mass is 10.0. The first-order valence-corrected chi connectivity index (χ1v) is 6.67. The first-order chi connectivity index (χ1) is 7.79. The number of fused-ring (bicyclic) bond motifs is 1. The quantitative estimate of drug-likeness (QED) is 0.830. The first-order valence-electron chi connectivity index (χ1n) is 6.29. The van der Waals surface area contributed by atoms with Crippen molar-refractivity contribution in [3.63, 3.8) is 0 Å². The van der Waals surface area contributed by atoms with Crippen molar-refractivity contribution in [1.29, 1.82) is 0 Å². The fourth-order valence-corrected chi connectivity index (χ4v) is 3.79. The van der Waals surface area contributed by atoms with Gasteiger partial charge in [-0.25, -0.2) is 0 Å². The maximum Gasteiger partial charge on any atom is 0.0453 e. The summed E-state index contributed by atoms with van der Waals surface area (Å²) < 4.78 is 0. The lowest BCUT2D eigenvalue weighted by molar-refractivity contribution is 0.480. The van der Waals surface area contributed by atoms with Gasteiger partial charge in [0.15, 0.2) is 0 Å². The maximum atomic E-state index is 6.38. The average molecular weight is 236 g/mol. The maximum absolute atomic E-state index is 6.38. The summed E-state index contributed by atoms with van der Waals surface area (Å²) in [6.07, 6.45) is 5.56. The highest BCUT2D eigenvalue weighted by Gasteiger charge is 2.53. The van der Waals surface area contributed by atoms with Crippen molar-refractivity contribution in [1.82, 2.24) is 0 Å². The van der Waals surface area contributed by atoms with Gasteiger partial charge in [-0.3, -0.25) is 0 Å². The molecule has 1 nitrogen and oxygen atoms in total. The molecule has 2 fully saturated rings. The highest BCUT2D eigenvalue weighted by molar-refractivity contribution is 6.31. The Kier molecular flexibility index (Phi) is 2.68. The van der Waals surface area contributed by atoms with E-state index in [1.165, 1.54) is 25.7 Å². The van der Waals surface area contributed by atoms with Crippen LogP contribution in [-0.4, -0.2) is 0 Å². The molecule has 0 aromatic heterocycles. The molecule has 0 spiro atoms. The molecule has 2 aliphatic carbocycles. The molecule has 3 unspecified atom stereocenters. The molecule has 0 saturated heterocycles. The van der Waals surface area contributed by atoms with Gasteiger partial charge in [-0.15, -0.1) is 0 Å². The summed E-state index contributed by atoms with van der Waals surface area (Å²) in [7, 11) is 0. The number of nitrogens with two attached hydrogens (primary N) is 1. The fourth-order valence-electron chi connectivity index (χ4n) is 3.53. The number of halogens is 1. The van der Waals surface area contributed by atoms with Crippen LogP contribution in [0.4, 0.5) is 0 Å². The van der Waals surface area contributed by atoms with E-state index in [0.29, 0.717) is 5.92 Å². The fraction of sp³-hybridized carbons (Fsp3) is 0.571. The van der Waals surface area contributed by atoms with Crippen molar-refractivity contribution in [2.75, 3.05) is 0 Å². The molecule has 0 heterocycles. The van der Waals surface area contributed by atoms with Crippen LogP contribution in [0, 0.1) is 17.8 Å². The van der Waals surface area contributed by atoms with E-state index in [9.17, 15) is 0 Å². The van der Waals surface area contributed by atoms with Gasteiger partial charge in [0.25, 0.3) is 0 Å². The van der Waals surface area contributed by atoms with Crippen molar-refractivity contribution < 1.29 is 0 Å². The van der Waals surface area contributed by atoms with Crippen molar-refractivity contribution in [2.24, 2.45) is 23.5 Å². The zero-order chi connectivity index (χ0) is 11.1. The van der Waals surface area contributed by atoms with Gasteiger partial charge in [0.1, 0.15) is 0 Å². The third kappa shape index (κ3) is 1.66. The summed E-state index contributed by atoms with van der Waals surface area (Å²) in [5.41, 5.74) is 7.52. The predicted molar refractivity (Wildman–Crippen MR) is 67.3 cm³/mol. The Morgan fingerprint density at radius 1 is 1.12 bits per heavy atom. The number of hydrogen-bond donors (Lipinski definition) is 1. The zero-order valence-electron chi connectivity index (χ0n) is 9.40. The molecule has 0 aliphatic heterocycles. The van der Waals surface area contributed by atoms with E-state index in [0.717, 1.165) is 22.4 Å². The minimum Gasteiger partial charge on any atom is -0.324 e. The minimum absolute atomic E-state index is 0.154. The summed E-state index contributed by atoms with van der Waals surface area (Å²) in [6.45, 7) is 0. The van der Waals surface area contributed by atoms with Crippen LogP contribution in [0.3, 0.4) is 0 Å². The van der Waals surface area contributed by atoms with Crippen LogP contribution < -0.4 is 5.73 Å². The third-order valence-electron chi connectivity index (χ3n) is 4.40. The Balaban J connectivity index is 1.79. The molecule has 3 rings (SSSR count). The minimum atomic E-state index is 0.154.